The Kier molecular flexibility index (Phi) is 5.08. The first-order valence-electron chi connectivity index (χ1n) is 6.99. The first-order chi connectivity index (χ1) is 9.18. The van der Waals surface area contributed by atoms with Gasteiger partial charge >= 0.3 is 0 Å². The standard InChI is InChI=1S/C15H21ClN2O/c16-12-9-5-6-10-13(12)18-14(15(17)19)11-7-3-1-2-4-8-11/h5-6,9-11,14,18H,1-4,7-8H2,(H2,17,19). The number of benzene rings is 1. The quantitative estimate of drug-likeness (QED) is 0.829. The summed E-state index contributed by atoms with van der Waals surface area (Å²) in [6, 6.07) is 7.15. The van der Waals surface area contributed by atoms with Crippen LogP contribution in [0.15, 0.2) is 24.3 Å². The van der Waals surface area contributed by atoms with Gasteiger partial charge in [0, 0.05) is 0 Å². The maximum absolute atomic E-state index is 11.7. The summed E-state index contributed by atoms with van der Waals surface area (Å²) in [6.45, 7) is 0. The van der Waals surface area contributed by atoms with E-state index in [1.54, 1.807) is 0 Å². The monoisotopic (exact) mass is 280 g/mol. The van der Waals surface area contributed by atoms with E-state index >= 15 is 0 Å². The molecule has 3 N–H and O–H groups in total. The molecule has 1 amide bonds. The third-order valence-corrected chi connectivity index (χ3v) is 4.19. The van der Waals surface area contributed by atoms with Crippen molar-refractivity contribution in [2.45, 2.75) is 44.6 Å². The molecule has 0 radical (unpaired) electrons. The molecule has 0 aliphatic heterocycles. The second-order valence-electron chi connectivity index (χ2n) is 5.26. The number of nitrogens with one attached hydrogen (secondary N) is 1. The van der Waals surface area contributed by atoms with E-state index < -0.39 is 0 Å². The topological polar surface area (TPSA) is 55.1 Å². The van der Waals surface area contributed by atoms with Crippen molar-refractivity contribution in [3.05, 3.63) is 29.3 Å². The lowest BCUT2D eigenvalue weighted by Gasteiger charge is -2.25. The minimum atomic E-state index is -0.321. The molecular weight excluding hydrogens is 260 g/mol. The molecule has 0 heterocycles. The maximum Gasteiger partial charge on any atom is 0.240 e. The second-order valence-corrected chi connectivity index (χ2v) is 5.66. The Bertz CT molecular complexity index is 428. The first-order valence-corrected chi connectivity index (χ1v) is 7.36. The van der Waals surface area contributed by atoms with Crippen molar-refractivity contribution in [3.8, 4) is 0 Å². The van der Waals surface area contributed by atoms with Gasteiger partial charge in [0.05, 0.1) is 10.7 Å². The van der Waals surface area contributed by atoms with Gasteiger partial charge in [-0.25, -0.2) is 0 Å². The molecule has 19 heavy (non-hydrogen) atoms. The number of para-hydroxylation sites is 1. The highest BCUT2D eigenvalue weighted by Gasteiger charge is 2.27. The van der Waals surface area contributed by atoms with Gasteiger partial charge in [-0.1, -0.05) is 49.4 Å². The molecule has 1 unspecified atom stereocenters. The van der Waals surface area contributed by atoms with Crippen molar-refractivity contribution in [2.75, 3.05) is 5.32 Å². The number of carbonyl (C=O) groups is 1. The predicted octanol–water partition coefficient (Wildman–Crippen LogP) is 3.58. The van der Waals surface area contributed by atoms with Crippen LogP contribution in [0, 0.1) is 5.92 Å². The molecule has 1 aliphatic rings. The lowest BCUT2D eigenvalue weighted by atomic mass is 9.91. The molecule has 0 spiro atoms. The van der Waals surface area contributed by atoms with Crippen molar-refractivity contribution >= 4 is 23.2 Å². The Morgan fingerprint density at radius 1 is 1.21 bits per heavy atom. The summed E-state index contributed by atoms with van der Waals surface area (Å²) in [7, 11) is 0. The van der Waals surface area contributed by atoms with Gasteiger partial charge in [-0.3, -0.25) is 4.79 Å². The van der Waals surface area contributed by atoms with Gasteiger partial charge in [-0.2, -0.15) is 0 Å². The van der Waals surface area contributed by atoms with Crippen molar-refractivity contribution < 1.29 is 4.79 Å². The summed E-state index contributed by atoms with van der Waals surface area (Å²) in [6.07, 6.45) is 7.00. The summed E-state index contributed by atoms with van der Waals surface area (Å²) in [4.78, 5) is 11.7. The van der Waals surface area contributed by atoms with E-state index in [2.05, 4.69) is 5.32 Å². The number of primary amides is 1. The Balaban J connectivity index is 2.11. The van der Waals surface area contributed by atoms with Crippen LogP contribution in [0.4, 0.5) is 5.69 Å². The molecule has 1 atom stereocenters. The Labute approximate surface area is 119 Å². The van der Waals surface area contributed by atoms with Crippen LogP contribution < -0.4 is 11.1 Å². The molecule has 1 saturated carbocycles. The summed E-state index contributed by atoms with van der Waals surface area (Å²) in [5.41, 5.74) is 6.36. The van der Waals surface area contributed by atoms with Crippen LogP contribution >= 0.6 is 11.6 Å². The fourth-order valence-electron chi connectivity index (χ4n) is 2.81. The highest BCUT2D eigenvalue weighted by molar-refractivity contribution is 6.33. The minimum Gasteiger partial charge on any atom is -0.372 e. The lowest BCUT2D eigenvalue weighted by Crippen LogP contribution is -2.41. The fraction of sp³-hybridized carbons (Fsp3) is 0.533. The largest absolute Gasteiger partial charge is 0.372 e. The van der Waals surface area contributed by atoms with Gasteiger partial charge in [0.15, 0.2) is 0 Å². The van der Waals surface area contributed by atoms with Crippen LogP contribution in [-0.4, -0.2) is 11.9 Å². The third-order valence-electron chi connectivity index (χ3n) is 3.86. The number of carbonyl (C=O) groups excluding carboxylic acids is 1. The molecule has 104 valence electrons. The van der Waals surface area contributed by atoms with Gasteiger partial charge < -0.3 is 11.1 Å². The van der Waals surface area contributed by atoms with Crippen molar-refractivity contribution in [1.82, 2.24) is 0 Å². The van der Waals surface area contributed by atoms with Crippen molar-refractivity contribution in [3.63, 3.8) is 0 Å². The lowest BCUT2D eigenvalue weighted by molar-refractivity contribution is -0.119. The number of anilines is 1. The average molecular weight is 281 g/mol. The Morgan fingerprint density at radius 2 is 1.84 bits per heavy atom. The summed E-state index contributed by atoms with van der Waals surface area (Å²) in [5.74, 6) is 0.0306. The normalized spacial score (nSPS) is 18.6. The molecule has 1 aromatic carbocycles. The van der Waals surface area contributed by atoms with Crippen molar-refractivity contribution in [2.24, 2.45) is 11.7 Å². The first kappa shape index (κ1) is 14.2. The third kappa shape index (κ3) is 3.87. The number of nitrogens with two attached hydrogens (primary N) is 1. The van der Waals surface area contributed by atoms with E-state index in [9.17, 15) is 4.79 Å². The molecule has 1 aliphatic carbocycles. The van der Waals surface area contributed by atoms with Gasteiger partial charge in [-0.05, 0) is 30.9 Å². The number of halogens is 1. The predicted molar refractivity (Wildman–Crippen MR) is 79.2 cm³/mol. The molecule has 3 nitrogen and oxygen atoms in total. The summed E-state index contributed by atoms with van der Waals surface area (Å²) < 4.78 is 0. The van der Waals surface area contributed by atoms with Gasteiger partial charge in [0.25, 0.3) is 0 Å². The van der Waals surface area contributed by atoms with Crippen LogP contribution in [0.5, 0.6) is 0 Å². The SMILES string of the molecule is NC(=O)C(Nc1ccccc1Cl)C1CCCCCC1. The van der Waals surface area contributed by atoms with Gasteiger partial charge in [0.2, 0.25) is 5.91 Å². The van der Waals surface area contributed by atoms with Gasteiger partial charge in [-0.15, -0.1) is 0 Å². The van der Waals surface area contributed by atoms with E-state index in [1.807, 2.05) is 24.3 Å². The smallest absolute Gasteiger partial charge is 0.240 e. The van der Waals surface area contributed by atoms with E-state index in [0.29, 0.717) is 10.9 Å². The van der Waals surface area contributed by atoms with E-state index in [4.69, 9.17) is 17.3 Å². The number of rotatable bonds is 4. The Hall–Kier alpha value is -1.22. The zero-order chi connectivity index (χ0) is 13.7. The molecule has 0 aromatic heterocycles. The number of hydrogen-bond donors (Lipinski definition) is 2. The zero-order valence-corrected chi connectivity index (χ0v) is 11.8. The zero-order valence-electron chi connectivity index (χ0n) is 11.1. The van der Waals surface area contributed by atoms with Crippen LogP contribution in [-0.2, 0) is 4.79 Å². The van der Waals surface area contributed by atoms with E-state index in [0.717, 1.165) is 18.5 Å². The molecule has 4 heteroatoms. The minimum absolute atomic E-state index is 0.285. The molecule has 1 fully saturated rings. The second kappa shape index (κ2) is 6.80. The average Bonchev–Trinajstić information content (AvgIpc) is 2.66. The number of hydrogen-bond acceptors (Lipinski definition) is 2. The molecule has 1 aromatic rings. The van der Waals surface area contributed by atoms with E-state index in [-0.39, 0.29) is 11.9 Å². The Morgan fingerprint density at radius 3 is 2.42 bits per heavy atom. The molecule has 0 bridgehead atoms. The van der Waals surface area contributed by atoms with Crippen molar-refractivity contribution in [1.29, 1.82) is 0 Å². The highest BCUT2D eigenvalue weighted by Crippen LogP contribution is 2.29. The van der Waals surface area contributed by atoms with E-state index in [1.165, 1.54) is 25.7 Å². The molecule has 0 saturated heterocycles. The maximum atomic E-state index is 11.7. The van der Waals surface area contributed by atoms with Crippen LogP contribution in [0.2, 0.25) is 5.02 Å². The van der Waals surface area contributed by atoms with Crippen LogP contribution in [0.25, 0.3) is 0 Å². The van der Waals surface area contributed by atoms with Gasteiger partial charge in [0.1, 0.15) is 6.04 Å². The molecule has 2 rings (SSSR count). The van der Waals surface area contributed by atoms with Crippen LogP contribution in [0.1, 0.15) is 38.5 Å². The number of amides is 1. The summed E-state index contributed by atoms with van der Waals surface area (Å²) in [5, 5.41) is 3.86. The highest BCUT2D eigenvalue weighted by atomic mass is 35.5. The fourth-order valence-corrected chi connectivity index (χ4v) is 3.00. The summed E-state index contributed by atoms with van der Waals surface area (Å²) >= 11 is 6.13. The molecular formula is C15H21ClN2O. The van der Waals surface area contributed by atoms with Crippen LogP contribution in [0.3, 0.4) is 0 Å².